The highest BCUT2D eigenvalue weighted by Gasteiger charge is 2.14. The summed E-state index contributed by atoms with van der Waals surface area (Å²) < 4.78 is 5.22. The summed E-state index contributed by atoms with van der Waals surface area (Å²) in [6.07, 6.45) is 0.745. The van der Waals surface area contributed by atoms with E-state index in [9.17, 15) is 4.79 Å². The number of urea groups is 1. The van der Waals surface area contributed by atoms with Gasteiger partial charge in [0.25, 0.3) is 0 Å². The van der Waals surface area contributed by atoms with Gasteiger partial charge in [0, 0.05) is 11.4 Å². The molecule has 1 aromatic heterocycles. The Balaban J connectivity index is 1.84. The number of ether oxygens (including phenoxy) is 1. The number of carbonyl (C=O) groups is 1. The third-order valence-corrected chi connectivity index (χ3v) is 4.27. The summed E-state index contributed by atoms with van der Waals surface area (Å²) in [7, 11) is 1.65. The maximum atomic E-state index is 12.1. The molecule has 2 rings (SSSR count). The van der Waals surface area contributed by atoms with Crippen LogP contribution in [0.4, 0.5) is 4.79 Å². The molecule has 1 aromatic carbocycles. The number of amides is 2. The fourth-order valence-corrected chi connectivity index (χ4v) is 3.03. The number of carbonyl (C=O) groups excluding carboxylic acids is 1. The van der Waals surface area contributed by atoms with Crippen molar-refractivity contribution < 1.29 is 9.53 Å². The summed E-state index contributed by atoms with van der Waals surface area (Å²) in [5.74, 6) is 0.826. The molecule has 0 aliphatic carbocycles. The van der Waals surface area contributed by atoms with E-state index in [4.69, 9.17) is 4.74 Å². The monoisotopic (exact) mass is 333 g/mol. The van der Waals surface area contributed by atoms with Crippen molar-refractivity contribution in [2.75, 3.05) is 7.11 Å². The minimum absolute atomic E-state index is 0.0199. The van der Waals surface area contributed by atoms with Gasteiger partial charge in [-0.1, -0.05) is 12.1 Å². The summed E-state index contributed by atoms with van der Waals surface area (Å²) in [5.41, 5.74) is 2.02. The van der Waals surface area contributed by atoms with E-state index in [2.05, 4.69) is 15.6 Å². The highest BCUT2D eigenvalue weighted by molar-refractivity contribution is 7.09. The Morgan fingerprint density at radius 2 is 2.13 bits per heavy atom. The largest absolute Gasteiger partial charge is 0.497 e. The second kappa shape index (κ2) is 7.97. The van der Waals surface area contributed by atoms with Crippen molar-refractivity contribution in [3.05, 3.63) is 45.9 Å². The number of hydrogen-bond donors (Lipinski definition) is 2. The van der Waals surface area contributed by atoms with E-state index in [0.717, 1.165) is 28.4 Å². The van der Waals surface area contributed by atoms with E-state index in [1.54, 1.807) is 18.4 Å². The van der Waals surface area contributed by atoms with Gasteiger partial charge in [-0.25, -0.2) is 9.78 Å². The zero-order valence-electron chi connectivity index (χ0n) is 13.9. The number of benzene rings is 1. The Morgan fingerprint density at radius 3 is 2.78 bits per heavy atom. The van der Waals surface area contributed by atoms with Gasteiger partial charge in [-0.3, -0.25) is 0 Å². The highest BCUT2D eigenvalue weighted by Crippen LogP contribution is 2.16. The first-order valence-corrected chi connectivity index (χ1v) is 8.48. The summed E-state index contributed by atoms with van der Waals surface area (Å²) in [6, 6.07) is 7.60. The summed E-state index contributed by atoms with van der Waals surface area (Å²) >= 11 is 1.58. The molecule has 0 bridgehead atoms. The first-order valence-electron chi connectivity index (χ1n) is 7.60. The van der Waals surface area contributed by atoms with Crippen LogP contribution < -0.4 is 15.4 Å². The van der Waals surface area contributed by atoms with Crippen molar-refractivity contribution in [3.8, 4) is 5.75 Å². The molecule has 6 heteroatoms. The molecule has 124 valence electrons. The van der Waals surface area contributed by atoms with Gasteiger partial charge in [0.2, 0.25) is 0 Å². The molecule has 2 N–H and O–H groups in total. The smallest absolute Gasteiger partial charge is 0.315 e. The minimum Gasteiger partial charge on any atom is -0.497 e. The number of aromatic nitrogens is 1. The number of hydrogen-bond acceptors (Lipinski definition) is 4. The Morgan fingerprint density at radius 1 is 1.35 bits per heavy atom. The molecule has 1 heterocycles. The van der Waals surface area contributed by atoms with Crippen LogP contribution in [0.3, 0.4) is 0 Å². The van der Waals surface area contributed by atoms with Gasteiger partial charge < -0.3 is 15.4 Å². The molecule has 0 spiro atoms. The average Bonchev–Trinajstić information content (AvgIpc) is 2.93. The number of nitrogens with one attached hydrogen (secondary N) is 2. The van der Waals surface area contributed by atoms with E-state index >= 15 is 0 Å². The first kappa shape index (κ1) is 17.3. The molecule has 0 radical (unpaired) electrons. The van der Waals surface area contributed by atoms with Crippen LogP contribution in [0.5, 0.6) is 5.75 Å². The zero-order chi connectivity index (χ0) is 16.8. The van der Waals surface area contributed by atoms with E-state index in [1.165, 1.54) is 0 Å². The molecule has 5 nitrogen and oxygen atoms in total. The maximum absolute atomic E-state index is 12.1. The maximum Gasteiger partial charge on any atom is 0.315 e. The van der Waals surface area contributed by atoms with Crippen molar-refractivity contribution in [2.45, 2.75) is 39.3 Å². The second-order valence-corrected chi connectivity index (χ2v) is 6.65. The van der Waals surface area contributed by atoms with Gasteiger partial charge in [0.1, 0.15) is 5.75 Å². The summed E-state index contributed by atoms with van der Waals surface area (Å²) in [5, 5.41) is 8.85. The van der Waals surface area contributed by atoms with Crippen LogP contribution in [0, 0.1) is 6.92 Å². The lowest BCUT2D eigenvalue weighted by molar-refractivity contribution is 0.234. The van der Waals surface area contributed by atoms with Gasteiger partial charge in [0.05, 0.1) is 23.9 Å². The lowest BCUT2D eigenvalue weighted by atomic mass is 10.1. The number of thiazole rings is 1. The third kappa shape index (κ3) is 5.25. The number of aryl methyl sites for hydroxylation is 1. The normalized spacial score (nSPS) is 13.2. The lowest BCUT2D eigenvalue weighted by Crippen LogP contribution is -2.42. The molecule has 2 amide bonds. The number of methoxy groups -OCH3 is 1. The zero-order valence-corrected chi connectivity index (χ0v) is 14.7. The van der Waals surface area contributed by atoms with Gasteiger partial charge in [-0.2, -0.15) is 0 Å². The highest BCUT2D eigenvalue weighted by atomic mass is 32.1. The van der Waals surface area contributed by atoms with Gasteiger partial charge in [-0.15, -0.1) is 11.3 Å². The SMILES string of the molecule is COc1cccc(C[C@@H](C)NC(=O)N[C@H](C)c2csc(C)n2)c1. The molecule has 2 aromatic rings. The van der Waals surface area contributed by atoms with E-state index in [-0.39, 0.29) is 18.1 Å². The van der Waals surface area contributed by atoms with Crippen molar-refractivity contribution >= 4 is 17.4 Å². The molecule has 0 aliphatic heterocycles. The van der Waals surface area contributed by atoms with Crippen LogP contribution in [0.2, 0.25) is 0 Å². The van der Waals surface area contributed by atoms with E-state index in [0.29, 0.717) is 0 Å². The minimum atomic E-state index is -0.182. The molecule has 0 saturated carbocycles. The Hall–Kier alpha value is -2.08. The number of nitrogens with zero attached hydrogens (tertiary/aromatic N) is 1. The van der Waals surface area contributed by atoms with Gasteiger partial charge in [0.15, 0.2) is 0 Å². The van der Waals surface area contributed by atoms with E-state index < -0.39 is 0 Å². The van der Waals surface area contributed by atoms with Crippen LogP contribution in [-0.4, -0.2) is 24.2 Å². The Bertz CT molecular complexity index is 657. The first-order chi connectivity index (χ1) is 11.0. The fraction of sp³-hybridized carbons (Fsp3) is 0.412. The third-order valence-electron chi connectivity index (χ3n) is 3.48. The predicted molar refractivity (Wildman–Crippen MR) is 93.1 cm³/mol. The summed E-state index contributed by atoms with van der Waals surface area (Å²) in [6.45, 7) is 5.87. The second-order valence-electron chi connectivity index (χ2n) is 5.59. The topological polar surface area (TPSA) is 63.2 Å². The van der Waals surface area contributed by atoms with Crippen molar-refractivity contribution in [2.24, 2.45) is 0 Å². The van der Waals surface area contributed by atoms with Gasteiger partial charge in [-0.05, 0) is 44.9 Å². The molecule has 23 heavy (non-hydrogen) atoms. The van der Waals surface area contributed by atoms with Crippen molar-refractivity contribution in [3.63, 3.8) is 0 Å². The fourth-order valence-electron chi connectivity index (χ4n) is 2.32. The van der Waals surface area contributed by atoms with Crippen LogP contribution >= 0.6 is 11.3 Å². The quantitative estimate of drug-likeness (QED) is 0.851. The van der Waals surface area contributed by atoms with Crippen molar-refractivity contribution in [1.82, 2.24) is 15.6 Å². The molecule has 0 saturated heterocycles. The number of rotatable bonds is 6. The standard InChI is InChI=1S/C17H23N3O2S/c1-11(8-14-6-5-7-15(9-14)22-4)18-17(21)19-12(2)16-10-23-13(3)20-16/h5-7,9-12H,8H2,1-4H3,(H2,18,19,21)/t11-,12-/m1/s1. The van der Waals surface area contributed by atoms with Crippen LogP contribution in [0.1, 0.15) is 36.2 Å². The Kier molecular flexibility index (Phi) is 5.98. The molecular formula is C17H23N3O2S. The molecule has 0 unspecified atom stereocenters. The summed E-state index contributed by atoms with van der Waals surface area (Å²) in [4.78, 5) is 16.5. The molecule has 0 aliphatic rings. The molecular weight excluding hydrogens is 310 g/mol. The lowest BCUT2D eigenvalue weighted by Gasteiger charge is -2.17. The van der Waals surface area contributed by atoms with Crippen LogP contribution in [0.15, 0.2) is 29.6 Å². The van der Waals surface area contributed by atoms with Crippen LogP contribution in [-0.2, 0) is 6.42 Å². The van der Waals surface area contributed by atoms with Crippen molar-refractivity contribution in [1.29, 1.82) is 0 Å². The van der Waals surface area contributed by atoms with Gasteiger partial charge >= 0.3 is 6.03 Å². The molecule has 0 fully saturated rings. The van der Waals surface area contributed by atoms with E-state index in [1.807, 2.05) is 50.4 Å². The Labute approximate surface area is 141 Å². The predicted octanol–water partition coefficient (Wildman–Crippen LogP) is 3.45. The van der Waals surface area contributed by atoms with Crippen LogP contribution in [0.25, 0.3) is 0 Å². The molecule has 2 atom stereocenters. The average molecular weight is 333 g/mol.